The van der Waals surface area contributed by atoms with Crippen LogP contribution in [-0.4, -0.2) is 19.2 Å². The van der Waals surface area contributed by atoms with Crippen molar-refractivity contribution in [2.45, 2.75) is 51.0 Å². The fraction of sp³-hybridized carbons (Fsp3) is 0.647. The van der Waals surface area contributed by atoms with Crippen LogP contribution in [-0.2, 0) is 0 Å². The highest BCUT2D eigenvalue weighted by molar-refractivity contribution is 5.51. The van der Waals surface area contributed by atoms with E-state index in [2.05, 4.69) is 12.2 Å². The summed E-state index contributed by atoms with van der Waals surface area (Å²) in [4.78, 5) is 0. The van der Waals surface area contributed by atoms with E-state index in [0.717, 1.165) is 31.6 Å². The molecule has 118 valence electrons. The molecule has 4 heteroatoms. The second-order valence-electron chi connectivity index (χ2n) is 6.16. The van der Waals surface area contributed by atoms with Gasteiger partial charge in [0.25, 0.3) is 0 Å². The minimum absolute atomic E-state index is 0.197. The van der Waals surface area contributed by atoms with E-state index in [1.807, 2.05) is 0 Å². The molecule has 0 aromatic heterocycles. The molecule has 0 amide bonds. The summed E-state index contributed by atoms with van der Waals surface area (Å²) in [5.41, 5.74) is 6.34. The molecule has 3 N–H and O–H groups in total. The molecule has 0 saturated heterocycles. The van der Waals surface area contributed by atoms with Gasteiger partial charge < -0.3 is 15.8 Å². The van der Waals surface area contributed by atoms with Crippen LogP contribution in [0.2, 0.25) is 0 Å². The van der Waals surface area contributed by atoms with Crippen LogP contribution in [0.5, 0.6) is 5.75 Å². The Kier molecular flexibility index (Phi) is 5.45. The molecule has 1 aliphatic rings. The minimum Gasteiger partial charge on any atom is -0.497 e. The first-order valence-electron chi connectivity index (χ1n) is 7.94. The topological polar surface area (TPSA) is 47.3 Å². The predicted octanol–water partition coefficient (Wildman–Crippen LogP) is 3.93. The molecular formula is C17H27FN2O. The predicted molar refractivity (Wildman–Crippen MR) is 85.2 cm³/mol. The van der Waals surface area contributed by atoms with Gasteiger partial charge >= 0.3 is 0 Å². The van der Waals surface area contributed by atoms with Gasteiger partial charge in [-0.3, -0.25) is 0 Å². The second-order valence-corrected chi connectivity index (χ2v) is 6.16. The summed E-state index contributed by atoms with van der Waals surface area (Å²) in [5.74, 6) is 1.18. The minimum atomic E-state index is -0.250. The Balaban J connectivity index is 2.18. The van der Waals surface area contributed by atoms with E-state index in [0.29, 0.717) is 18.0 Å². The highest BCUT2D eigenvalue weighted by Crippen LogP contribution is 2.35. The van der Waals surface area contributed by atoms with Crippen molar-refractivity contribution in [2.24, 2.45) is 11.7 Å². The lowest BCUT2D eigenvalue weighted by atomic mass is 9.89. The van der Waals surface area contributed by atoms with Crippen molar-refractivity contribution in [3.63, 3.8) is 0 Å². The maximum Gasteiger partial charge on any atom is 0.146 e. The van der Waals surface area contributed by atoms with Crippen molar-refractivity contribution in [1.29, 1.82) is 0 Å². The molecule has 2 atom stereocenters. The van der Waals surface area contributed by atoms with E-state index >= 15 is 0 Å². The zero-order valence-corrected chi connectivity index (χ0v) is 13.1. The van der Waals surface area contributed by atoms with Crippen LogP contribution < -0.4 is 15.8 Å². The number of nitrogens with one attached hydrogen (secondary N) is 1. The molecule has 1 aromatic carbocycles. The van der Waals surface area contributed by atoms with Gasteiger partial charge in [-0.2, -0.15) is 0 Å². The largest absolute Gasteiger partial charge is 0.497 e. The number of nitrogens with two attached hydrogens (primary N) is 1. The number of hydrogen-bond acceptors (Lipinski definition) is 3. The molecule has 3 nitrogen and oxygen atoms in total. The molecule has 1 saturated carbocycles. The fourth-order valence-corrected chi connectivity index (χ4v) is 3.28. The van der Waals surface area contributed by atoms with Gasteiger partial charge in [-0.15, -0.1) is 0 Å². The van der Waals surface area contributed by atoms with Gasteiger partial charge in [0.2, 0.25) is 0 Å². The van der Waals surface area contributed by atoms with Crippen LogP contribution in [0.25, 0.3) is 0 Å². The number of methoxy groups -OCH3 is 1. The maximum absolute atomic E-state index is 14.1. The van der Waals surface area contributed by atoms with E-state index in [1.54, 1.807) is 19.2 Å². The van der Waals surface area contributed by atoms with Crippen molar-refractivity contribution in [3.05, 3.63) is 24.0 Å². The number of ether oxygens (including phenoxy) is 1. The maximum atomic E-state index is 14.1. The molecule has 1 aliphatic carbocycles. The van der Waals surface area contributed by atoms with Gasteiger partial charge in [-0.25, -0.2) is 4.39 Å². The van der Waals surface area contributed by atoms with Crippen LogP contribution in [0.4, 0.5) is 10.1 Å². The molecule has 0 bridgehead atoms. The fourth-order valence-electron chi connectivity index (χ4n) is 3.28. The van der Waals surface area contributed by atoms with Gasteiger partial charge in [0.05, 0.1) is 12.8 Å². The Labute approximate surface area is 127 Å². The van der Waals surface area contributed by atoms with E-state index in [4.69, 9.17) is 10.5 Å². The van der Waals surface area contributed by atoms with Crippen molar-refractivity contribution in [2.75, 3.05) is 19.0 Å². The molecule has 1 fully saturated rings. The Morgan fingerprint density at radius 3 is 2.86 bits per heavy atom. The molecule has 0 spiro atoms. The van der Waals surface area contributed by atoms with Crippen LogP contribution in [0.1, 0.15) is 45.4 Å². The van der Waals surface area contributed by atoms with Gasteiger partial charge in [0.1, 0.15) is 11.6 Å². The first kappa shape index (κ1) is 16.1. The average molecular weight is 294 g/mol. The summed E-state index contributed by atoms with van der Waals surface area (Å²) in [6.45, 7) is 2.77. The Morgan fingerprint density at radius 2 is 2.19 bits per heavy atom. The number of hydrogen-bond donors (Lipinski definition) is 2. The number of halogens is 1. The lowest BCUT2D eigenvalue weighted by Crippen LogP contribution is -2.45. The monoisotopic (exact) mass is 294 g/mol. The number of benzene rings is 1. The first-order chi connectivity index (χ1) is 10.1. The highest BCUT2D eigenvalue weighted by Gasteiger charge is 2.32. The van der Waals surface area contributed by atoms with E-state index in [9.17, 15) is 4.39 Å². The van der Waals surface area contributed by atoms with Crippen LogP contribution in [0.15, 0.2) is 18.2 Å². The van der Waals surface area contributed by atoms with Gasteiger partial charge in [-0.05, 0) is 37.3 Å². The highest BCUT2D eigenvalue weighted by atomic mass is 19.1. The molecule has 0 radical (unpaired) electrons. The molecule has 1 aromatic rings. The molecule has 2 rings (SSSR count). The Hall–Kier alpha value is -1.29. The average Bonchev–Trinajstić information content (AvgIpc) is 2.72. The van der Waals surface area contributed by atoms with Crippen molar-refractivity contribution >= 4 is 5.69 Å². The lowest BCUT2D eigenvalue weighted by molar-refractivity contribution is 0.394. The molecular weight excluding hydrogens is 267 g/mol. The van der Waals surface area contributed by atoms with Crippen LogP contribution in [0.3, 0.4) is 0 Å². The molecule has 0 heterocycles. The summed E-state index contributed by atoms with van der Waals surface area (Å²) in [5, 5.41) is 3.39. The van der Waals surface area contributed by atoms with Gasteiger partial charge in [0.15, 0.2) is 0 Å². The van der Waals surface area contributed by atoms with Crippen molar-refractivity contribution in [1.82, 2.24) is 0 Å². The summed E-state index contributed by atoms with van der Waals surface area (Å²) < 4.78 is 19.2. The second kappa shape index (κ2) is 7.12. The summed E-state index contributed by atoms with van der Waals surface area (Å²) in [7, 11) is 1.59. The summed E-state index contributed by atoms with van der Waals surface area (Å²) in [6, 6.07) is 4.79. The van der Waals surface area contributed by atoms with E-state index < -0.39 is 0 Å². The quantitative estimate of drug-likeness (QED) is 0.809. The first-order valence-corrected chi connectivity index (χ1v) is 7.94. The van der Waals surface area contributed by atoms with Gasteiger partial charge in [-0.1, -0.05) is 26.2 Å². The third kappa shape index (κ3) is 3.88. The van der Waals surface area contributed by atoms with E-state index in [-0.39, 0.29) is 11.4 Å². The SMILES string of the molecule is CCC1CCCC(CN)(Nc2cc(OC)ccc2F)CC1. The lowest BCUT2D eigenvalue weighted by Gasteiger charge is -2.34. The number of rotatable bonds is 5. The zero-order valence-electron chi connectivity index (χ0n) is 13.1. The van der Waals surface area contributed by atoms with Crippen LogP contribution in [0, 0.1) is 11.7 Å². The van der Waals surface area contributed by atoms with Crippen LogP contribution >= 0.6 is 0 Å². The zero-order chi connectivity index (χ0) is 15.3. The summed E-state index contributed by atoms with van der Waals surface area (Å²) >= 11 is 0. The molecule has 2 unspecified atom stereocenters. The Bertz CT molecular complexity index is 466. The Morgan fingerprint density at radius 1 is 1.38 bits per heavy atom. The van der Waals surface area contributed by atoms with Crippen molar-refractivity contribution in [3.8, 4) is 5.75 Å². The van der Waals surface area contributed by atoms with Crippen molar-refractivity contribution < 1.29 is 9.13 Å². The summed E-state index contributed by atoms with van der Waals surface area (Å²) in [6.07, 6.45) is 6.77. The standard InChI is InChI=1S/C17H27FN2O/c1-3-13-5-4-9-17(12-19,10-8-13)20-16-11-14(21-2)6-7-15(16)18/h6-7,11,13,20H,3-5,8-10,12,19H2,1-2H3. The smallest absolute Gasteiger partial charge is 0.146 e. The van der Waals surface area contributed by atoms with E-state index in [1.165, 1.54) is 18.9 Å². The molecule has 0 aliphatic heterocycles. The normalized spacial score (nSPS) is 26.2. The number of anilines is 1. The van der Waals surface area contributed by atoms with Gasteiger partial charge in [0, 0.05) is 18.2 Å². The molecule has 21 heavy (non-hydrogen) atoms. The third-order valence-corrected chi connectivity index (χ3v) is 4.84. The third-order valence-electron chi connectivity index (χ3n) is 4.84.